The standard InChI is InChI=1S/C24H22N4O3/c1-2-30-22-14-18(12-13-21(22)31-16-17-8-4-3-5-9-17)15-25-28-24-26-20-11-7-6-10-19(20)23(29)27-24/h3-15H,2,16H2,1H3,(H2,26,27,28,29)/b25-15-. The minimum absolute atomic E-state index is 0.221. The molecule has 0 amide bonds. The van der Waals surface area contributed by atoms with Gasteiger partial charge in [0.25, 0.3) is 5.56 Å². The normalized spacial score (nSPS) is 11.0. The molecule has 0 atom stereocenters. The second-order valence-corrected chi connectivity index (χ2v) is 6.72. The summed E-state index contributed by atoms with van der Waals surface area (Å²) in [5.41, 5.74) is 5.04. The van der Waals surface area contributed by atoms with Crippen molar-refractivity contribution in [2.75, 3.05) is 12.0 Å². The fourth-order valence-corrected chi connectivity index (χ4v) is 3.04. The zero-order valence-electron chi connectivity index (χ0n) is 17.0. The van der Waals surface area contributed by atoms with Gasteiger partial charge in [0.2, 0.25) is 5.95 Å². The van der Waals surface area contributed by atoms with Crippen molar-refractivity contribution in [1.29, 1.82) is 0 Å². The number of H-pyrrole nitrogens is 1. The zero-order valence-corrected chi connectivity index (χ0v) is 17.0. The number of fused-ring (bicyclic) bond motifs is 1. The summed E-state index contributed by atoms with van der Waals surface area (Å²) in [5, 5.41) is 4.71. The highest BCUT2D eigenvalue weighted by molar-refractivity contribution is 5.82. The molecular weight excluding hydrogens is 392 g/mol. The van der Waals surface area contributed by atoms with Crippen molar-refractivity contribution in [3.63, 3.8) is 0 Å². The quantitative estimate of drug-likeness (QED) is 0.331. The van der Waals surface area contributed by atoms with Crippen molar-refractivity contribution in [1.82, 2.24) is 9.97 Å². The molecule has 0 aliphatic heterocycles. The van der Waals surface area contributed by atoms with Crippen LogP contribution in [0.2, 0.25) is 0 Å². The van der Waals surface area contributed by atoms with Crippen molar-refractivity contribution in [2.24, 2.45) is 5.10 Å². The van der Waals surface area contributed by atoms with Crippen molar-refractivity contribution in [3.8, 4) is 11.5 Å². The summed E-state index contributed by atoms with van der Waals surface area (Å²) >= 11 is 0. The minimum atomic E-state index is -0.221. The van der Waals surface area contributed by atoms with Crippen molar-refractivity contribution >= 4 is 23.1 Å². The van der Waals surface area contributed by atoms with E-state index in [-0.39, 0.29) is 11.5 Å². The molecule has 4 rings (SSSR count). The van der Waals surface area contributed by atoms with E-state index >= 15 is 0 Å². The highest BCUT2D eigenvalue weighted by atomic mass is 16.5. The van der Waals surface area contributed by atoms with Crippen LogP contribution in [0.5, 0.6) is 11.5 Å². The van der Waals surface area contributed by atoms with E-state index in [0.717, 1.165) is 11.1 Å². The molecule has 0 aliphatic carbocycles. The van der Waals surface area contributed by atoms with Crippen LogP contribution in [-0.4, -0.2) is 22.8 Å². The Hall–Kier alpha value is -4.13. The third-order valence-electron chi connectivity index (χ3n) is 4.50. The third-order valence-corrected chi connectivity index (χ3v) is 4.50. The number of aromatic amines is 1. The fraction of sp³-hybridized carbons (Fsp3) is 0.125. The van der Waals surface area contributed by atoms with Crippen molar-refractivity contribution in [3.05, 3.63) is 94.3 Å². The molecule has 7 nitrogen and oxygen atoms in total. The topological polar surface area (TPSA) is 88.6 Å². The second-order valence-electron chi connectivity index (χ2n) is 6.72. The number of hydrogen-bond acceptors (Lipinski definition) is 6. The van der Waals surface area contributed by atoms with E-state index in [4.69, 9.17) is 9.47 Å². The Kier molecular flexibility index (Phi) is 6.23. The summed E-state index contributed by atoms with van der Waals surface area (Å²) in [6, 6.07) is 22.7. The second kappa shape index (κ2) is 9.58. The lowest BCUT2D eigenvalue weighted by molar-refractivity contribution is 0.269. The summed E-state index contributed by atoms with van der Waals surface area (Å²) in [5.74, 6) is 1.57. The number of hydrazone groups is 1. The first-order valence-electron chi connectivity index (χ1n) is 9.94. The van der Waals surface area contributed by atoms with Gasteiger partial charge in [-0.25, -0.2) is 10.4 Å². The van der Waals surface area contributed by atoms with Crippen LogP contribution in [-0.2, 0) is 6.61 Å². The van der Waals surface area contributed by atoms with Gasteiger partial charge >= 0.3 is 0 Å². The molecule has 2 N–H and O–H groups in total. The maximum atomic E-state index is 12.1. The first-order valence-corrected chi connectivity index (χ1v) is 9.94. The molecule has 0 saturated carbocycles. The van der Waals surface area contributed by atoms with Gasteiger partial charge in [-0.05, 0) is 48.4 Å². The molecule has 156 valence electrons. The molecule has 0 bridgehead atoms. The van der Waals surface area contributed by atoms with Gasteiger partial charge < -0.3 is 9.47 Å². The number of aromatic nitrogens is 2. The van der Waals surface area contributed by atoms with E-state index in [9.17, 15) is 4.79 Å². The summed E-state index contributed by atoms with van der Waals surface area (Å²) < 4.78 is 11.7. The van der Waals surface area contributed by atoms with Crippen molar-refractivity contribution < 1.29 is 9.47 Å². The molecule has 4 aromatic rings. The largest absolute Gasteiger partial charge is 0.490 e. The summed E-state index contributed by atoms with van der Waals surface area (Å²) in [6.07, 6.45) is 1.62. The molecule has 7 heteroatoms. The van der Waals surface area contributed by atoms with Crippen LogP contribution in [0.15, 0.2) is 82.7 Å². The van der Waals surface area contributed by atoms with Crippen LogP contribution >= 0.6 is 0 Å². The molecule has 31 heavy (non-hydrogen) atoms. The average Bonchev–Trinajstić information content (AvgIpc) is 2.79. The number of benzene rings is 3. The number of ether oxygens (including phenoxy) is 2. The molecule has 0 saturated heterocycles. The van der Waals surface area contributed by atoms with Gasteiger partial charge in [0, 0.05) is 0 Å². The SMILES string of the molecule is CCOc1cc(/C=N\Nc2nc3ccccc3c(=O)[nH]2)ccc1OCc1ccccc1. The Morgan fingerprint density at radius 2 is 1.81 bits per heavy atom. The Balaban J connectivity index is 1.47. The van der Waals surface area contributed by atoms with Crippen LogP contribution in [0.25, 0.3) is 10.9 Å². The number of para-hydroxylation sites is 1. The van der Waals surface area contributed by atoms with E-state index in [2.05, 4.69) is 20.5 Å². The molecule has 0 aliphatic rings. The highest BCUT2D eigenvalue weighted by Gasteiger charge is 2.07. The number of rotatable bonds is 8. The van der Waals surface area contributed by atoms with Gasteiger partial charge in [-0.3, -0.25) is 9.78 Å². The van der Waals surface area contributed by atoms with E-state index in [1.165, 1.54) is 0 Å². The van der Waals surface area contributed by atoms with Gasteiger partial charge in [0.05, 0.1) is 23.7 Å². The monoisotopic (exact) mass is 414 g/mol. The van der Waals surface area contributed by atoms with Gasteiger partial charge in [0.15, 0.2) is 11.5 Å². The third kappa shape index (κ3) is 5.08. The number of hydrogen-bond donors (Lipinski definition) is 2. The Bertz CT molecular complexity index is 1250. The van der Waals surface area contributed by atoms with Crippen LogP contribution in [0.4, 0.5) is 5.95 Å². The number of anilines is 1. The number of nitrogens with zero attached hydrogens (tertiary/aromatic N) is 2. The van der Waals surface area contributed by atoms with Gasteiger partial charge in [-0.15, -0.1) is 0 Å². The van der Waals surface area contributed by atoms with Gasteiger partial charge in [0.1, 0.15) is 6.61 Å². The van der Waals surface area contributed by atoms with Crippen LogP contribution in [0, 0.1) is 0 Å². The molecule has 3 aromatic carbocycles. The van der Waals surface area contributed by atoms with Crippen LogP contribution in [0.3, 0.4) is 0 Å². The molecule has 0 unspecified atom stereocenters. The summed E-state index contributed by atoms with van der Waals surface area (Å²) in [4.78, 5) is 19.2. The maximum Gasteiger partial charge on any atom is 0.260 e. The molecule has 1 aromatic heterocycles. The fourth-order valence-electron chi connectivity index (χ4n) is 3.04. The lowest BCUT2D eigenvalue weighted by Crippen LogP contribution is -2.11. The Morgan fingerprint density at radius 3 is 2.65 bits per heavy atom. The summed E-state index contributed by atoms with van der Waals surface area (Å²) in [6.45, 7) is 2.89. The van der Waals surface area contributed by atoms with E-state index in [1.807, 2.05) is 61.5 Å². The molecular formula is C24H22N4O3. The van der Waals surface area contributed by atoms with E-state index in [1.54, 1.807) is 24.4 Å². The molecule has 0 spiro atoms. The van der Waals surface area contributed by atoms with Crippen LogP contribution in [0.1, 0.15) is 18.1 Å². The molecule has 0 radical (unpaired) electrons. The highest BCUT2D eigenvalue weighted by Crippen LogP contribution is 2.29. The number of nitrogens with one attached hydrogen (secondary N) is 2. The Morgan fingerprint density at radius 1 is 1.00 bits per heavy atom. The first kappa shape index (κ1) is 20.2. The smallest absolute Gasteiger partial charge is 0.260 e. The predicted molar refractivity (Wildman–Crippen MR) is 122 cm³/mol. The van der Waals surface area contributed by atoms with Crippen molar-refractivity contribution in [2.45, 2.75) is 13.5 Å². The lowest BCUT2D eigenvalue weighted by atomic mass is 10.2. The average molecular weight is 414 g/mol. The molecule has 1 heterocycles. The van der Waals surface area contributed by atoms with Gasteiger partial charge in [-0.1, -0.05) is 42.5 Å². The summed E-state index contributed by atoms with van der Waals surface area (Å²) in [7, 11) is 0. The Labute approximate surface area is 179 Å². The predicted octanol–water partition coefficient (Wildman–Crippen LogP) is 4.35. The van der Waals surface area contributed by atoms with E-state index in [0.29, 0.717) is 35.6 Å². The minimum Gasteiger partial charge on any atom is -0.490 e. The van der Waals surface area contributed by atoms with Gasteiger partial charge in [-0.2, -0.15) is 5.10 Å². The zero-order chi connectivity index (χ0) is 21.5. The van der Waals surface area contributed by atoms with Crippen LogP contribution < -0.4 is 20.5 Å². The first-order chi connectivity index (χ1) is 15.2. The lowest BCUT2D eigenvalue weighted by Gasteiger charge is -2.12. The molecule has 0 fully saturated rings. The maximum absolute atomic E-state index is 12.1. The van der Waals surface area contributed by atoms with E-state index < -0.39 is 0 Å².